The summed E-state index contributed by atoms with van der Waals surface area (Å²) in [5, 5.41) is 5.87. The van der Waals surface area contributed by atoms with E-state index in [1.807, 2.05) is 12.1 Å². The highest BCUT2D eigenvalue weighted by Crippen LogP contribution is 2.15. The van der Waals surface area contributed by atoms with Gasteiger partial charge < -0.3 is 15.5 Å². The van der Waals surface area contributed by atoms with Crippen molar-refractivity contribution in [1.29, 1.82) is 0 Å². The number of likely N-dealkylation sites (tertiary alicyclic amines) is 1. The Labute approximate surface area is 127 Å². The van der Waals surface area contributed by atoms with Gasteiger partial charge in [-0.25, -0.2) is 4.79 Å². The molecule has 2 rings (SSSR count). The number of carbonyl (C=O) groups is 1. The second-order valence-electron chi connectivity index (χ2n) is 6.10. The number of nitrogens with one attached hydrogen (secondary N) is 2. The molecule has 0 saturated carbocycles. The van der Waals surface area contributed by atoms with Crippen molar-refractivity contribution in [3.05, 3.63) is 30.1 Å². The third kappa shape index (κ3) is 5.71. The molecular formula is C16H26N4O. The number of hydrogen-bond donors (Lipinski definition) is 2. The lowest BCUT2D eigenvalue weighted by atomic mass is 10.00. The van der Waals surface area contributed by atoms with E-state index in [4.69, 9.17) is 0 Å². The highest BCUT2D eigenvalue weighted by atomic mass is 16.2. The minimum atomic E-state index is -0.114. The third-order valence-electron chi connectivity index (χ3n) is 3.83. The first-order valence-corrected chi connectivity index (χ1v) is 7.79. The van der Waals surface area contributed by atoms with Crippen LogP contribution in [0.4, 0.5) is 4.79 Å². The minimum Gasteiger partial charge on any atom is -0.334 e. The van der Waals surface area contributed by atoms with Gasteiger partial charge in [0.2, 0.25) is 0 Å². The number of aromatic nitrogens is 1. The Kier molecular flexibility index (Phi) is 5.99. The fourth-order valence-electron chi connectivity index (χ4n) is 2.85. The molecule has 1 aromatic rings. The topological polar surface area (TPSA) is 57.3 Å². The predicted molar refractivity (Wildman–Crippen MR) is 83.9 cm³/mol. The Morgan fingerprint density at radius 2 is 2.43 bits per heavy atom. The Bertz CT molecular complexity index is 437. The Morgan fingerprint density at radius 1 is 1.57 bits per heavy atom. The van der Waals surface area contributed by atoms with Crippen molar-refractivity contribution in [3.8, 4) is 0 Å². The number of hydrogen-bond acceptors (Lipinski definition) is 3. The van der Waals surface area contributed by atoms with Gasteiger partial charge in [0.15, 0.2) is 0 Å². The van der Waals surface area contributed by atoms with E-state index < -0.39 is 0 Å². The van der Waals surface area contributed by atoms with Gasteiger partial charge in [0.25, 0.3) is 0 Å². The zero-order valence-electron chi connectivity index (χ0n) is 13.0. The highest BCUT2D eigenvalue weighted by Gasteiger charge is 2.18. The summed E-state index contributed by atoms with van der Waals surface area (Å²) in [4.78, 5) is 18.3. The van der Waals surface area contributed by atoms with Crippen molar-refractivity contribution in [2.75, 3.05) is 19.6 Å². The molecule has 2 amide bonds. The number of rotatable bonds is 5. The van der Waals surface area contributed by atoms with Crippen LogP contribution in [-0.2, 0) is 6.54 Å². The normalized spacial score (nSPS) is 20.8. The van der Waals surface area contributed by atoms with Gasteiger partial charge in [0.05, 0.1) is 0 Å². The van der Waals surface area contributed by atoms with Crippen LogP contribution < -0.4 is 10.6 Å². The fourth-order valence-corrected chi connectivity index (χ4v) is 2.85. The third-order valence-corrected chi connectivity index (χ3v) is 3.83. The SMILES string of the molecule is CC1CCCN(CC(C)NC(=O)NCc2cccnc2)C1. The van der Waals surface area contributed by atoms with Gasteiger partial charge in [-0.15, -0.1) is 0 Å². The summed E-state index contributed by atoms with van der Waals surface area (Å²) in [6.45, 7) is 8.07. The van der Waals surface area contributed by atoms with Crippen molar-refractivity contribution >= 4 is 6.03 Å². The van der Waals surface area contributed by atoms with E-state index in [0.29, 0.717) is 6.54 Å². The van der Waals surface area contributed by atoms with Crippen LogP contribution in [0, 0.1) is 5.92 Å². The summed E-state index contributed by atoms with van der Waals surface area (Å²) < 4.78 is 0. The largest absolute Gasteiger partial charge is 0.334 e. The Morgan fingerprint density at radius 3 is 3.14 bits per heavy atom. The molecule has 0 bridgehead atoms. The molecule has 0 aromatic carbocycles. The molecule has 21 heavy (non-hydrogen) atoms. The molecule has 1 saturated heterocycles. The number of pyridine rings is 1. The van der Waals surface area contributed by atoms with Gasteiger partial charge in [0.1, 0.15) is 0 Å². The smallest absolute Gasteiger partial charge is 0.315 e. The van der Waals surface area contributed by atoms with E-state index in [0.717, 1.165) is 31.1 Å². The van der Waals surface area contributed by atoms with Gasteiger partial charge in [-0.05, 0) is 43.9 Å². The second kappa shape index (κ2) is 7.98. The zero-order valence-corrected chi connectivity index (χ0v) is 13.0. The molecule has 0 aliphatic carbocycles. The summed E-state index contributed by atoms with van der Waals surface area (Å²) in [6, 6.07) is 3.86. The van der Waals surface area contributed by atoms with E-state index in [-0.39, 0.29) is 12.1 Å². The fraction of sp³-hybridized carbons (Fsp3) is 0.625. The summed E-state index contributed by atoms with van der Waals surface area (Å²) >= 11 is 0. The number of amides is 2. The van der Waals surface area contributed by atoms with Crippen LogP contribution in [0.1, 0.15) is 32.3 Å². The lowest BCUT2D eigenvalue weighted by Gasteiger charge is -2.32. The number of urea groups is 1. The molecule has 116 valence electrons. The first-order chi connectivity index (χ1) is 10.1. The van der Waals surface area contributed by atoms with E-state index in [2.05, 4.69) is 34.4 Å². The lowest BCUT2D eigenvalue weighted by molar-refractivity contribution is 0.169. The lowest BCUT2D eigenvalue weighted by Crippen LogP contribution is -2.47. The van der Waals surface area contributed by atoms with Crippen LogP contribution in [0.25, 0.3) is 0 Å². The van der Waals surface area contributed by atoms with Crippen molar-refractivity contribution < 1.29 is 4.79 Å². The maximum absolute atomic E-state index is 11.9. The number of piperidine rings is 1. The van der Waals surface area contributed by atoms with Crippen LogP contribution in [0.2, 0.25) is 0 Å². The zero-order chi connectivity index (χ0) is 15.1. The Balaban J connectivity index is 1.67. The molecule has 5 nitrogen and oxygen atoms in total. The molecule has 1 aromatic heterocycles. The predicted octanol–water partition coefficient (Wildman–Crippen LogP) is 2.00. The van der Waals surface area contributed by atoms with E-state index in [1.165, 1.54) is 12.8 Å². The molecule has 2 unspecified atom stereocenters. The number of nitrogens with zero attached hydrogens (tertiary/aromatic N) is 2. The first-order valence-electron chi connectivity index (χ1n) is 7.79. The van der Waals surface area contributed by atoms with Gasteiger partial charge in [-0.1, -0.05) is 13.0 Å². The van der Waals surface area contributed by atoms with Crippen LogP contribution in [0.3, 0.4) is 0 Å². The Hall–Kier alpha value is -1.62. The summed E-state index contributed by atoms with van der Waals surface area (Å²) in [5.41, 5.74) is 1.00. The molecule has 2 heterocycles. The molecule has 2 N–H and O–H groups in total. The monoisotopic (exact) mass is 290 g/mol. The van der Waals surface area contributed by atoms with E-state index >= 15 is 0 Å². The van der Waals surface area contributed by atoms with Gasteiger partial charge >= 0.3 is 6.03 Å². The summed E-state index contributed by atoms with van der Waals surface area (Å²) in [7, 11) is 0. The molecule has 2 atom stereocenters. The highest BCUT2D eigenvalue weighted by molar-refractivity contribution is 5.74. The van der Waals surface area contributed by atoms with Gasteiger partial charge in [0, 0.05) is 38.1 Å². The maximum Gasteiger partial charge on any atom is 0.315 e. The van der Waals surface area contributed by atoms with E-state index in [1.54, 1.807) is 12.4 Å². The molecule has 5 heteroatoms. The average Bonchev–Trinajstić information content (AvgIpc) is 2.46. The first kappa shape index (κ1) is 15.8. The molecule has 0 radical (unpaired) electrons. The maximum atomic E-state index is 11.9. The van der Waals surface area contributed by atoms with Gasteiger partial charge in [-0.2, -0.15) is 0 Å². The van der Waals surface area contributed by atoms with Crippen LogP contribution in [0.5, 0.6) is 0 Å². The molecule has 0 spiro atoms. The summed E-state index contributed by atoms with van der Waals surface area (Å²) in [6.07, 6.45) is 6.08. The minimum absolute atomic E-state index is 0.114. The van der Waals surface area contributed by atoms with Crippen molar-refractivity contribution in [2.45, 2.75) is 39.3 Å². The molecular weight excluding hydrogens is 264 g/mol. The van der Waals surface area contributed by atoms with Crippen LogP contribution >= 0.6 is 0 Å². The van der Waals surface area contributed by atoms with Crippen molar-refractivity contribution in [2.24, 2.45) is 5.92 Å². The molecule has 1 fully saturated rings. The van der Waals surface area contributed by atoms with E-state index in [9.17, 15) is 4.79 Å². The average molecular weight is 290 g/mol. The van der Waals surface area contributed by atoms with Crippen molar-refractivity contribution in [3.63, 3.8) is 0 Å². The molecule has 1 aliphatic rings. The second-order valence-corrected chi connectivity index (χ2v) is 6.10. The number of carbonyl (C=O) groups excluding carboxylic acids is 1. The van der Waals surface area contributed by atoms with Crippen LogP contribution in [-0.4, -0.2) is 41.6 Å². The molecule has 1 aliphatic heterocycles. The van der Waals surface area contributed by atoms with Crippen molar-refractivity contribution in [1.82, 2.24) is 20.5 Å². The summed E-state index contributed by atoms with van der Waals surface area (Å²) in [5.74, 6) is 0.769. The van der Waals surface area contributed by atoms with Gasteiger partial charge in [-0.3, -0.25) is 4.98 Å². The standard InChI is InChI=1S/C16H26N4O/c1-13-5-4-8-20(11-13)12-14(2)19-16(21)18-10-15-6-3-7-17-9-15/h3,6-7,9,13-14H,4-5,8,10-12H2,1-2H3,(H2,18,19,21). The quantitative estimate of drug-likeness (QED) is 0.872. The van der Waals surface area contributed by atoms with Crippen LogP contribution in [0.15, 0.2) is 24.5 Å².